The average molecular weight is 359 g/mol. The number of piperidine rings is 1. The molecule has 2 aromatic rings. The van der Waals surface area contributed by atoms with Crippen LogP contribution in [-0.2, 0) is 4.79 Å². The van der Waals surface area contributed by atoms with Gasteiger partial charge in [0, 0.05) is 11.6 Å². The molecule has 0 radical (unpaired) electrons. The van der Waals surface area contributed by atoms with Gasteiger partial charge in [0.15, 0.2) is 0 Å². The van der Waals surface area contributed by atoms with Gasteiger partial charge >= 0.3 is 0 Å². The lowest BCUT2D eigenvalue weighted by Gasteiger charge is -2.30. The van der Waals surface area contributed by atoms with Crippen LogP contribution in [0.5, 0.6) is 0 Å². The first-order valence-corrected chi connectivity index (χ1v) is 9.64. The fourth-order valence-electron chi connectivity index (χ4n) is 3.57. The smallest absolute Gasteiger partial charge is 0.238 e. The zero-order valence-corrected chi connectivity index (χ0v) is 16.2. The third-order valence-corrected chi connectivity index (χ3v) is 5.79. The molecule has 1 N–H and O–H groups in total. The summed E-state index contributed by atoms with van der Waals surface area (Å²) in [4.78, 5) is 14.7. The van der Waals surface area contributed by atoms with Crippen molar-refractivity contribution in [1.29, 1.82) is 0 Å². The summed E-state index contributed by atoms with van der Waals surface area (Å²) in [6, 6.07) is 4.22. The largest absolute Gasteiger partial charge is 0.324 e. The Hall–Kier alpha value is -1.79. The number of amides is 1. The van der Waals surface area contributed by atoms with E-state index in [1.54, 1.807) is 11.3 Å². The van der Waals surface area contributed by atoms with Gasteiger partial charge in [-0.25, -0.2) is 0 Å². The molecule has 1 aromatic heterocycles. The highest BCUT2D eigenvalue weighted by molar-refractivity contribution is 7.11. The Bertz CT molecular complexity index is 740. The zero-order chi connectivity index (χ0) is 18.0. The number of likely N-dealkylation sites (tertiary alicyclic amines) is 1. The monoisotopic (exact) mass is 358 g/mol. The molecule has 0 bridgehead atoms. The molecule has 1 aliphatic heterocycles. The second-order valence-corrected chi connectivity index (χ2v) is 8.24. The van der Waals surface area contributed by atoms with Crippen molar-refractivity contribution in [2.75, 3.05) is 25.0 Å². The van der Waals surface area contributed by atoms with Crippen LogP contribution in [0.2, 0.25) is 0 Å². The van der Waals surface area contributed by atoms with Gasteiger partial charge in [-0.3, -0.25) is 9.69 Å². The van der Waals surface area contributed by atoms with E-state index in [1.165, 1.54) is 5.56 Å². The zero-order valence-electron chi connectivity index (χ0n) is 15.4. The van der Waals surface area contributed by atoms with Crippen LogP contribution >= 0.6 is 11.3 Å². The second-order valence-electron chi connectivity index (χ2n) is 7.03. The standard InChI is InChI=1S/C19H26N4OS/c1-12-9-13(2)18(14(3)10-12)20-17(24)11-23-7-5-16(6-8-23)19-22-21-15(4)25-19/h9-10,16H,5-8,11H2,1-4H3,(H,20,24). The van der Waals surface area contributed by atoms with Gasteiger partial charge in [-0.05, 0) is 64.8 Å². The Morgan fingerprint density at radius 1 is 1.16 bits per heavy atom. The highest BCUT2D eigenvalue weighted by Gasteiger charge is 2.24. The Labute approximate surface area is 153 Å². The minimum Gasteiger partial charge on any atom is -0.324 e. The molecule has 0 aliphatic carbocycles. The van der Waals surface area contributed by atoms with Crippen molar-refractivity contribution >= 4 is 22.9 Å². The molecule has 0 saturated carbocycles. The van der Waals surface area contributed by atoms with Crippen LogP contribution in [0.1, 0.15) is 45.5 Å². The molecule has 3 rings (SSSR count). The molecular formula is C19H26N4OS. The van der Waals surface area contributed by atoms with E-state index in [2.05, 4.69) is 39.5 Å². The van der Waals surface area contributed by atoms with Crippen molar-refractivity contribution < 1.29 is 4.79 Å². The van der Waals surface area contributed by atoms with Crippen LogP contribution in [-0.4, -0.2) is 40.6 Å². The van der Waals surface area contributed by atoms with Gasteiger partial charge in [0.05, 0.1) is 6.54 Å². The molecule has 2 heterocycles. The Morgan fingerprint density at radius 2 is 1.80 bits per heavy atom. The molecule has 1 aliphatic rings. The topological polar surface area (TPSA) is 58.1 Å². The van der Waals surface area contributed by atoms with Gasteiger partial charge < -0.3 is 5.32 Å². The maximum atomic E-state index is 12.5. The first-order chi connectivity index (χ1) is 11.9. The summed E-state index contributed by atoms with van der Waals surface area (Å²) in [5.41, 5.74) is 4.42. The molecule has 0 unspecified atom stereocenters. The summed E-state index contributed by atoms with van der Waals surface area (Å²) in [5.74, 6) is 0.562. The first-order valence-electron chi connectivity index (χ1n) is 8.82. The molecule has 1 fully saturated rings. The summed E-state index contributed by atoms with van der Waals surface area (Å²) in [7, 11) is 0. The quantitative estimate of drug-likeness (QED) is 0.907. The minimum atomic E-state index is 0.0697. The Morgan fingerprint density at radius 3 is 2.36 bits per heavy atom. The lowest BCUT2D eigenvalue weighted by Crippen LogP contribution is -2.38. The lowest BCUT2D eigenvalue weighted by atomic mass is 9.97. The maximum Gasteiger partial charge on any atom is 0.238 e. The van der Waals surface area contributed by atoms with E-state index in [0.717, 1.165) is 52.8 Å². The number of aromatic nitrogens is 2. The van der Waals surface area contributed by atoms with E-state index < -0.39 is 0 Å². The number of carbonyl (C=O) groups is 1. The minimum absolute atomic E-state index is 0.0697. The van der Waals surface area contributed by atoms with Crippen LogP contribution in [0, 0.1) is 27.7 Å². The fourth-order valence-corrected chi connectivity index (χ4v) is 4.44. The van der Waals surface area contributed by atoms with E-state index >= 15 is 0 Å². The van der Waals surface area contributed by atoms with E-state index in [9.17, 15) is 4.79 Å². The molecule has 134 valence electrons. The maximum absolute atomic E-state index is 12.5. The van der Waals surface area contributed by atoms with Crippen molar-refractivity contribution in [3.8, 4) is 0 Å². The first kappa shape index (κ1) is 18.0. The number of anilines is 1. The van der Waals surface area contributed by atoms with Gasteiger partial charge in [-0.1, -0.05) is 17.7 Å². The molecule has 25 heavy (non-hydrogen) atoms. The molecule has 1 saturated heterocycles. The summed E-state index contributed by atoms with van der Waals surface area (Å²) >= 11 is 1.70. The summed E-state index contributed by atoms with van der Waals surface area (Å²) < 4.78 is 0. The molecule has 0 spiro atoms. The van der Waals surface area contributed by atoms with E-state index in [1.807, 2.05) is 20.8 Å². The number of nitrogens with zero attached hydrogens (tertiary/aromatic N) is 3. The number of nitrogens with one attached hydrogen (secondary N) is 1. The number of carbonyl (C=O) groups excluding carboxylic acids is 1. The van der Waals surface area contributed by atoms with Crippen molar-refractivity contribution in [3.63, 3.8) is 0 Å². The van der Waals surface area contributed by atoms with Gasteiger partial charge in [0.25, 0.3) is 0 Å². The number of aryl methyl sites for hydroxylation is 4. The van der Waals surface area contributed by atoms with Crippen molar-refractivity contribution in [2.24, 2.45) is 0 Å². The molecule has 5 nitrogen and oxygen atoms in total. The summed E-state index contributed by atoms with van der Waals surface area (Å²) in [6.45, 7) is 10.5. The van der Waals surface area contributed by atoms with Crippen molar-refractivity contribution in [1.82, 2.24) is 15.1 Å². The number of rotatable bonds is 4. The second kappa shape index (κ2) is 7.62. The average Bonchev–Trinajstić information content (AvgIpc) is 2.98. The SMILES string of the molecule is Cc1cc(C)c(NC(=O)CN2CCC(c3nnc(C)s3)CC2)c(C)c1. The van der Waals surface area contributed by atoms with Gasteiger partial charge in [0.2, 0.25) is 5.91 Å². The van der Waals surface area contributed by atoms with Crippen LogP contribution in [0.4, 0.5) is 5.69 Å². The Kier molecular flexibility index (Phi) is 5.49. The highest BCUT2D eigenvalue weighted by atomic mass is 32.1. The van der Waals surface area contributed by atoms with Crippen molar-refractivity contribution in [2.45, 2.75) is 46.5 Å². The van der Waals surface area contributed by atoms with Gasteiger partial charge in [0.1, 0.15) is 10.0 Å². The Balaban J connectivity index is 1.53. The molecule has 0 atom stereocenters. The van der Waals surface area contributed by atoms with E-state index in [4.69, 9.17) is 0 Å². The molecule has 1 amide bonds. The van der Waals surface area contributed by atoms with Crippen LogP contribution in [0.25, 0.3) is 0 Å². The van der Waals surface area contributed by atoms with Crippen LogP contribution in [0.15, 0.2) is 12.1 Å². The summed E-state index contributed by atoms with van der Waals surface area (Å²) in [5, 5.41) is 13.7. The van der Waals surface area contributed by atoms with E-state index in [-0.39, 0.29) is 5.91 Å². The number of benzene rings is 1. The molecule has 6 heteroatoms. The predicted octanol–water partition coefficient (Wildman–Crippen LogP) is 3.59. The number of hydrogen-bond donors (Lipinski definition) is 1. The van der Waals surface area contributed by atoms with Crippen molar-refractivity contribution in [3.05, 3.63) is 38.8 Å². The highest BCUT2D eigenvalue weighted by Crippen LogP contribution is 2.30. The predicted molar refractivity (Wildman–Crippen MR) is 102 cm³/mol. The van der Waals surface area contributed by atoms with Gasteiger partial charge in [-0.15, -0.1) is 21.5 Å². The van der Waals surface area contributed by atoms with Crippen LogP contribution < -0.4 is 5.32 Å². The van der Waals surface area contributed by atoms with Crippen LogP contribution in [0.3, 0.4) is 0 Å². The van der Waals surface area contributed by atoms with E-state index in [0.29, 0.717) is 12.5 Å². The number of hydrogen-bond acceptors (Lipinski definition) is 5. The fraction of sp³-hybridized carbons (Fsp3) is 0.526. The molecule has 1 aromatic carbocycles. The summed E-state index contributed by atoms with van der Waals surface area (Å²) in [6.07, 6.45) is 2.09. The third kappa shape index (κ3) is 4.44. The lowest BCUT2D eigenvalue weighted by molar-refractivity contribution is -0.117. The van der Waals surface area contributed by atoms with Gasteiger partial charge in [-0.2, -0.15) is 0 Å². The third-order valence-electron chi connectivity index (χ3n) is 4.79. The molecular weight excluding hydrogens is 332 g/mol. The normalized spacial score (nSPS) is 16.2.